The van der Waals surface area contributed by atoms with Gasteiger partial charge in [0.15, 0.2) is 0 Å². The zero-order chi connectivity index (χ0) is 14.9. The van der Waals surface area contributed by atoms with Crippen molar-refractivity contribution in [1.29, 1.82) is 0 Å². The zero-order valence-electron chi connectivity index (χ0n) is 11.9. The van der Waals surface area contributed by atoms with Crippen LogP contribution in [0.2, 0.25) is 0 Å². The molecule has 0 amide bonds. The molecule has 2 nitrogen and oxygen atoms in total. The van der Waals surface area contributed by atoms with Gasteiger partial charge < -0.3 is 9.52 Å². The van der Waals surface area contributed by atoms with Crippen LogP contribution >= 0.6 is 0 Å². The Morgan fingerprint density at radius 2 is 1.45 bits per heavy atom. The van der Waals surface area contributed by atoms with E-state index < -0.39 is 0 Å². The number of furan rings is 1. The monoisotopic (exact) mass is 286 g/mol. The summed E-state index contributed by atoms with van der Waals surface area (Å²) in [4.78, 5) is 0. The minimum absolute atomic E-state index is 0.250. The second kappa shape index (κ2) is 5.08. The van der Waals surface area contributed by atoms with Crippen LogP contribution in [0.4, 0.5) is 0 Å². The average molecular weight is 286 g/mol. The first-order valence-electron chi connectivity index (χ1n) is 7.18. The molecule has 0 saturated carbocycles. The average Bonchev–Trinajstić information content (AvgIpc) is 2.99. The van der Waals surface area contributed by atoms with Crippen molar-refractivity contribution in [2.45, 2.75) is 0 Å². The number of benzene rings is 3. The van der Waals surface area contributed by atoms with Gasteiger partial charge in [-0.2, -0.15) is 0 Å². The molecular weight excluding hydrogens is 272 g/mol. The summed E-state index contributed by atoms with van der Waals surface area (Å²) in [5, 5.41) is 11.0. The van der Waals surface area contributed by atoms with Gasteiger partial charge in [-0.25, -0.2) is 0 Å². The van der Waals surface area contributed by atoms with Crippen LogP contribution in [0.1, 0.15) is 0 Å². The van der Waals surface area contributed by atoms with Crippen molar-refractivity contribution in [2.75, 3.05) is 0 Å². The van der Waals surface area contributed by atoms with Crippen LogP contribution in [-0.4, -0.2) is 5.11 Å². The summed E-state index contributed by atoms with van der Waals surface area (Å²) in [5.74, 6) is 0.250. The van der Waals surface area contributed by atoms with E-state index in [0.717, 1.165) is 33.2 Å². The molecule has 0 spiro atoms. The smallest absolute Gasteiger partial charge is 0.134 e. The van der Waals surface area contributed by atoms with Gasteiger partial charge >= 0.3 is 0 Å². The number of hydrogen-bond acceptors (Lipinski definition) is 2. The van der Waals surface area contributed by atoms with Gasteiger partial charge in [0.1, 0.15) is 11.3 Å². The molecule has 1 aromatic heterocycles. The van der Waals surface area contributed by atoms with Gasteiger partial charge in [-0.1, -0.05) is 54.6 Å². The molecule has 1 heterocycles. The number of hydrogen-bond donors (Lipinski definition) is 1. The third-order valence-electron chi connectivity index (χ3n) is 3.86. The van der Waals surface area contributed by atoms with Crippen LogP contribution in [0.25, 0.3) is 33.2 Å². The summed E-state index contributed by atoms with van der Waals surface area (Å²) >= 11 is 0. The highest BCUT2D eigenvalue weighted by atomic mass is 16.3. The van der Waals surface area contributed by atoms with Crippen LogP contribution in [0.3, 0.4) is 0 Å². The normalized spacial score (nSPS) is 10.9. The molecule has 0 bridgehead atoms. The van der Waals surface area contributed by atoms with E-state index in [1.54, 1.807) is 18.4 Å². The lowest BCUT2D eigenvalue weighted by molar-refractivity contribution is 0.475. The highest BCUT2D eigenvalue weighted by molar-refractivity contribution is 5.98. The lowest BCUT2D eigenvalue weighted by atomic mass is 9.94. The Hall–Kier alpha value is -3.00. The van der Waals surface area contributed by atoms with Crippen molar-refractivity contribution in [1.82, 2.24) is 0 Å². The first kappa shape index (κ1) is 12.7. The van der Waals surface area contributed by atoms with E-state index in [1.165, 1.54) is 0 Å². The van der Waals surface area contributed by atoms with Crippen LogP contribution < -0.4 is 0 Å². The summed E-state index contributed by atoms with van der Waals surface area (Å²) in [6.45, 7) is 0. The fraction of sp³-hybridized carbons (Fsp3) is 0. The maximum Gasteiger partial charge on any atom is 0.134 e. The molecule has 1 N–H and O–H groups in total. The van der Waals surface area contributed by atoms with Crippen molar-refractivity contribution in [3.8, 4) is 28.0 Å². The van der Waals surface area contributed by atoms with Crippen molar-refractivity contribution >= 4 is 11.0 Å². The van der Waals surface area contributed by atoms with Gasteiger partial charge in [0.2, 0.25) is 0 Å². The highest BCUT2D eigenvalue weighted by Crippen LogP contribution is 2.38. The number of phenols is 1. The number of para-hydroxylation sites is 1. The lowest BCUT2D eigenvalue weighted by Crippen LogP contribution is -1.84. The Labute approximate surface area is 128 Å². The summed E-state index contributed by atoms with van der Waals surface area (Å²) in [6.07, 6.45) is 1.76. The van der Waals surface area contributed by atoms with Gasteiger partial charge in [-0.3, -0.25) is 0 Å². The molecule has 0 aliphatic carbocycles. The van der Waals surface area contributed by atoms with Gasteiger partial charge in [-0.15, -0.1) is 0 Å². The number of fused-ring (bicyclic) bond motifs is 1. The first-order chi connectivity index (χ1) is 10.8. The molecule has 0 unspecified atom stereocenters. The Kier molecular flexibility index (Phi) is 2.94. The third kappa shape index (κ3) is 2.06. The Bertz CT molecular complexity index is 936. The molecular formula is C20H14O2. The Morgan fingerprint density at radius 3 is 2.32 bits per heavy atom. The predicted octanol–water partition coefficient (Wildman–Crippen LogP) is 5.47. The van der Waals surface area contributed by atoms with Crippen molar-refractivity contribution < 1.29 is 9.52 Å². The minimum atomic E-state index is 0.250. The van der Waals surface area contributed by atoms with Gasteiger partial charge in [0.25, 0.3) is 0 Å². The molecule has 0 radical (unpaired) electrons. The van der Waals surface area contributed by atoms with E-state index >= 15 is 0 Å². The van der Waals surface area contributed by atoms with Crippen molar-refractivity contribution in [2.24, 2.45) is 0 Å². The number of aromatic hydroxyl groups is 1. The quantitative estimate of drug-likeness (QED) is 0.530. The summed E-state index contributed by atoms with van der Waals surface area (Å²) < 4.78 is 5.65. The van der Waals surface area contributed by atoms with Crippen LogP contribution in [0.5, 0.6) is 5.75 Å². The molecule has 4 aromatic rings. The van der Waals surface area contributed by atoms with Crippen LogP contribution in [0.15, 0.2) is 83.5 Å². The fourth-order valence-electron chi connectivity index (χ4n) is 2.81. The predicted molar refractivity (Wildman–Crippen MR) is 88.8 cm³/mol. The van der Waals surface area contributed by atoms with E-state index in [1.807, 2.05) is 48.5 Å². The molecule has 0 saturated heterocycles. The van der Waals surface area contributed by atoms with Crippen molar-refractivity contribution in [3.63, 3.8) is 0 Å². The SMILES string of the molecule is Oc1ccc(-c2ccccc2)c(-c2coc3ccccc23)c1. The lowest BCUT2D eigenvalue weighted by Gasteiger charge is -2.09. The van der Waals surface area contributed by atoms with E-state index in [-0.39, 0.29) is 5.75 Å². The molecule has 2 heteroatoms. The van der Waals surface area contributed by atoms with Gasteiger partial charge in [-0.05, 0) is 34.9 Å². The third-order valence-corrected chi connectivity index (χ3v) is 3.86. The van der Waals surface area contributed by atoms with E-state index in [2.05, 4.69) is 12.1 Å². The topological polar surface area (TPSA) is 33.4 Å². The highest BCUT2D eigenvalue weighted by Gasteiger charge is 2.13. The second-order valence-corrected chi connectivity index (χ2v) is 5.24. The van der Waals surface area contributed by atoms with Crippen LogP contribution in [-0.2, 0) is 0 Å². The Balaban J connectivity index is 2.00. The Morgan fingerprint density at radius 1 is 0.682 bits per heavy atom. The van der Waals surface area contributed by atoms with E-state index in [4.69, 9.17) is 4.42 Å². The number of phenolic OH excluding ortho intramolecular Hbond substituents is 1. The van der Waals surface area contributed by atoms with E-state index in [9.17, 15) is 5.11 Å². The summed E-state index contributed by atoms with van der Waals surface area (Å²) in [6, 6.07) is 23.5. The molecule has 0 atom stereocenters. The second-order valence-electron chi connectivity index (χ2n) is 5.24. The first-order valence-corrected chi connectivity index (χ1v) is 7.18. The summed E-state index contributed by atoms with van der Waals surface area (Å²) in [7, 11) is 0. The van der Waals surface area contributed by atoms with E-state index in [0.29, 0.717) is 0 Å². The fourth-order valence-corrected chi connectivity index (χ4v) is 2.81. The molecule has 0 fully saturated rings. The molecule has 3 aromatic carbocycles. The molecule has 4 rings (SSSR count). The van der Waals surface area contributed by atoms with Crippen LogP contribution in [0, 0.1) is 0 Å². The van der Waals surface area contributed by atoms with Crippen molar-refractivity contribution in [3.05, 3.63) is 79.1 Å². The largest absolute Gasteiger partial charge is 0.508 e. The molecule has 0 aliphatic rings. The maximum absolute atomic E-state index is 9.92. The standard InChI is InChI=1S/C20H14O2/c21-15-10-11-16(14-6-2-1-3-7-14)18(12-15)19-13-22-20-9-5-4-8-17(19)20/h1-13,21H. The van der Waals surface area contributed by atoms with Gasteiger partial charge in [0.05, 0.1) is 6.26 Å². The number of rotatable bonds is 2. The minimum Gasteiger partial charge on any atom is -0.508 e. The maximum atomic E-state index is 9.92. The molecule has 0 aliphatic heterocycles. The summed E-state index contributed by atoms with van der Waals surface area (Å²) in [5.41, 5.74) is 4.99. The zero-order valence-corrected chi connectivity index (χ0v) is 11.9. The molecule has 22 heavy (non-hydrogen) atoms. The van der Waals surface area contributed by atoms with Gasteiger partial charge in [0, 0.05) is 10.9 Å². The molecule has 106 valence electrons.